The molecule has 0 unspecified atom stereocenters. The van der Waals surface area contributed by atoms with Gasteiger partial charge in [-0.1, -0.05) is 81.4 Å². The molecule has 0 spiro atoms. The second kappa shape index (κ2) is 14.0. The van der Waals surface area contributed by atoms with E-state index in [0.29, 0.717) is 13.1 Å². The number of hydrogen-bond acceptors (Lipinski definition) is 6. The highest BCUT2D eigenvalue weighted by molar-refractivity contribution is 8.00. The van der Waals surface area contributed by atoms with E-state index >= 15 is 0 Å². The van der Waals surface area contributed by atoms with Crippen LogP contribution in [0.15, 0.2) is 101 Å². The van der Waals surface area contributed by atoms with Gasteiger partial charge in [0, 0.05) is 19.2 Å². The Bertz CT molecular complexity index is 1720. The van der Waals surface area contributed by atoms with E-state index in [1.165, 1.54) is 23.1 Å². The van der Waals surface area contributed by atoms with Gasteiger partial charge in [0.25, 0.3) is 0 Å². The number of nitrogens with one attached hydrogen (secondary N) is 1. The fourth-order valence-corrected chi connectivity index (χ4v) is 5.93. The van der Waals surface area contributed by atoms with Gasteiger partial charge in [-0.05, 0) is 89.2 Å². The van der Waals surface area contributed by atoms with E-state index in [1.807, 2.05) is 31.2 Å². The van der Waals surface area contributed by atoms with Gasteiger partial charge >= 0.3 is 5.69 Å². The van der Waals surface area contributed by atoms with Gasteiger partial charge in [0.1, 0.15) is 17.4 Å². The number of hydrogen-bond donors (Lipinski definition) is 1. The van der Waals surface area contributed by atoms with E-state index in [0.717, 1.165) is 58.2 Å². The summed E-state index contributed by atoms with van der Waals surface area (Å²) in [6, 6.07) is 29.2. The van der Waals surface area contributed by atoms with Crippen molar-refractivity contribution in [3.8, 4) is 16.9 Å². The van der Waals surface area contributed by atoms with Crippen molar-refractivity contribution < 1.29 is 4.74 Å². The normalized spacial score (nSPS) is 11.5. The molecule has 0 fully saturated rings. The number of aromatic nitrogens is 4. The van der Waals surface area contributed by atoms with Gasteiger partial charge in [-0.3, -0.25) is 4.57 Å². The molecule has 0 saturated carbocycles. The second-order valence-electron chi connectivity index (χ2n) is 11.9. The van der Waals surface area contributed by atoms with E-state index in [4.69, 9.17) is 9.84 Å². The Balaban J connectivity index is 1.20. The molecule has 0 radical (unpaired) electrons. The van der Waals surface area contributed by atoms with Crippen LogP contribution in [-0.4, -0.2) is 26.4 Å². The molecule has 0 atom stereocenters. The maximum absolute atomic E-state index is 13.1. The Morgan fingerprint density at radius 1 is 0.886 bits per heavy atom. The number of nitrogens with zero attached hydrogens (tertiary/aromatic N) is 4. The van der Waals surface area contributed by atoms with Crippen LogP contribution < -0.4 is 15.1 Å². The molecule has 0 aliphatic heterocycles. The molecule has 0 amide bonds. The molecule has 0 saturated heterocycles. The lowest BCUT2D eigenvalue weighted by Gasteiger charge is -2.19. The predicted molar refractivity (Wildman–Crippen MR) is 181 cm³/mol. The second-order valence-corrected chi connectivity index (χ2v) is 12.7. The predicted octanol–water partition coefficient (Wildman–Crippen LogP) is 7.78. The Labute approximate surface area is 264 Å². The van der Waals surface area contributed by atoms with Crippen LogP contribution in [0.25, 0.3) is 11.1 Å². The minimum Gasteiger partial charge on any atom is -0.496 e. The first-order valence-corrected chi connectivity index (χ1v) is 15.9. The topological polar surface area (TPSA) is 74.0 Å². The summed E-state index contributed by atoms with van der Waals surface area (Å²) in [6.07, 6.45) is 4.35. The van der Waals surface area contributed by atoms with E-state index in [1.54, 1.807) is 22.6 Å². The van der Waals surface area contributed by atoms with Crippen molar-refractivity contribution in [1.82, 2.24) is 19.3 Å². The fraction of sp³-hybridized carbons (Fsp3) is 0.306. The van der Waals surface area contributed by atoms with Crippen molar-refractivity contribution in [3.05, 3.63) is 124 Å². The summed E-state index contributed by atoms with van der Waals surface area (Å²) in [5.74, 6) is 2.45. The molecule has 0 aliphatic rings. The molecule has 3 aromatic carbocycles. The first-order chi connectivity index (χ1) is 21.2. The van der Waals surface area contributed by atoms with Gasteiger partial charge in [-0.15, -0.1) is 0 Å². The van der Waals surface area contributed by atoms with E-state index in [9.17, 15) is 4.79 Å². The van der Waals surface area contributed by atoms with Crippen LogP contribution in [0.2, 0.25) is 0 Å². The molecule has 7 nitrogen and oxygen atoms in total. The Morgan fingerprint density at radius 3 is 2.27 bits per heavy atom. The molecule has 44 heavy (non-hydrogen) atoms. The van der Waals surface area contributed by atoms with Gasteiger partial charge in [0.2, 0.25) is 0 Å². The number of anilines is 1. The third kappa shape index (κ3) is 7.61. The van der Waals surface area contributed by atoms with Crippen molar-refractivity contribution in [2.24, 2.45) is 0 Å². The summed E-state index contributed by atoms with van der Waals surface area (Å²) in [5, 5.41) is 4.73. The maximum atomic E-state index is 13.1. The summed E-state index contributed by atoms with van der Waals surface area (Å²) in [4.78, 5) is 18.4. The van der Waals surface area contributed by atoms with Crippen molar-refractivity contribution in [2.75, 3.05) is 11.8 Å². The molecule has 2 heterocycles. The molecule has 228 valence electrons. The first kappa shape index (κ1) is 31.1. The average Bonchev–Trinajstić information content (AvgIpc) is 3.33. The average molecular weight is 608 g/mol. The van der Waals surface area contributed by atoms with Gasteiger partial charge in [-0.25, -0.2) is 14.5 Å². The molecule has 5 aromatic rings. The molecular formula is C36H41N5O2S. The Kier molecular flexibility index (Phi) is 9.90. The largest absolute Gasteiger partial charge is 0.496 e. The van der Waals surface area contributed by atoms with Crippen LogP contribution in [0, 0.1) is 0 Å². The van der Waals surface area contributed by atoms with Crippen LogP contribution in [-0.2, 0) is 31.3 Å². The number of benzene rings is 3. The minimum atomic E-state index is -0.0426. The van der Waals surface area contributed by atoms with E-state index < -0.39 is 0 Å². The zero-order valence-electron chi connectivity index (χ0n) is 26.2. The van der Waals surface area contributed by atoms with Crippen molar-refractivity contribution in [2.45, 2.75) is 70.4 Å². The third-order valence-corrected chi connectivity index (χ3v) is 8.57. The summed E-state index contributed by atoms with van der Waals surface area (Å²) in [5.41, 5.74) is 5.95. The molecular weight excluding hydrogens is 566 g/mol. The number of pyridine rings is 1. The summed E-state index contributed by atoms with van der Waals surface area (Å²) in [7, 11) is 1.69. The quantitative estimate of drug-likeness (QED) is 0.146. The number of aryl methyl sites for hydroxylation is 2. The van der Waals surface area contributed by atoms with E-state index in [-0.39, 0.29) is 11.1 Å². The van der Waals surface area contributed by atoms with Crippen LogP contribution in [0.5, 0.6) is 5.75 Å². The lowest BCUT2D eigenvalue weighted by Crippen LogP contribution is -2.25. The SMILES string of the molecule is CCn1c(CCCc2ccc(-c3ccc(OC)c(SNc4ccccn4)c3)cc2)nn(Cc2ccc(C(C)(C)C)cc2)c1=O. The molecule has 1 N–H and O–H groups in total. The summed E-state index contributed by atoms with van der Waals surface area (Å²) in [6.45, 7) is 9.72. The van der Waals surface area contributed by atoms with Crippen molar-refractivity contribution >= 4 is 17.8 Å². The van der Waals surface area contributed by atoms with Crippen molar-refractivity contribution in [1.29, 1.82) is 0 Å². The van der Waals surface area contributed by atoms with E-state index in [2.05, 4.69) is 91.1 Å². The van der Waals surface area contributed by atoms with Crippen LogP contribution in [0.4, 0.5) is 5.82 Å². The van der Waals surface area contributed by atoms with Gasteiger partial charge in [-0.2, -0.15) is 5.10 Å². The van der Waals surface area contributed by atoms with Crippen molar-refractivity contribution in [3.63, 3.8) is 0 Å². The maximum Gasteiger partial charge on any atom is 0.346 e. The zero-order valence-corrected chi connectivity index (χ0v) is 27.0. The Morgan fingerprint density at radius 2 is 1.61 bits per heavy atom. The highest BCUT2D eigenvalue weighted by atomic mass is 32.2. The van der Waals surface area contributed by atoms with Gasteiger partial charge < -0.3 is 9.46 Å². The minimum absolute atomic E-state index is 0.0426. The van der Waals surface area contributed by atoms with Crippen LogP contribution >= 0.6 is 11.9 Å². The zero-order chi connectivity index (χ0) is 31.1. The lowest BCUT2D eigenvalue weighted by atomic mass is 9.87. The smallest absolute Gasteiger partial charge is 0.346 e. The summed E-state index contributed by atoms with van der Waals surface area (Å²) >= 11 is 1.48. The molecule has 5 rings (SSSR count). The third-order valence-electron chi connectivity index (χ3n) is 7.72. The van der Waals surface area contributed by atoms with Gasteiger partial charge in [0.15, 0.2) is 0 Å². The molecule has 0 bridgehead atoms. The fourth-order valence-electron chi connectivity index (χ4n) is 5.16. The van der Waals surface area contributed by atoms with Crippen LogP contribution in [0.1, 0.15) is 56.6 Å². The molecule has 8 heteroatoms. The number of rotatable bonds is 12. The highest BCUT2D eigenvalue weighted by Crippen LogP contribution is 2.34. The Hall–Kier alpha value is -4.30. The van der Waals surface area contributed by atoms with Crippen LogP contribution in [0.3, 0.4) is 0 Å². The highest BCUT2D eigenvalue weighted by Gasteiger charge is 2.15. The number of ether oxygens (including phenoxy) is 1. The van der Waals surface area contributed by atoms with Gasteiger partial charge in [0.05, 0.1) is 18.6 Å². The summed E-state index contributed by atoms with van der Waals surface area (Å²) < 4.78 is 12.3. The first-order valence-electron chi connectivity index (χ1n) is 15.1. The number of methoxy groups -OCH3 is 1. The molecule has 2 aromatic heterocycles. The molecule has 0 aliphatic carbocycles. The monoisotopic (exact) mass is 607 g/mol. The standard InChI is InChI=1S/C36H41N5O2S/c1-6-40-34(38-41(35(40)42)25-27-15-20-30(21-16-27)36(2,3)4)12-9-10-26-13-17-28(18-14-26)29-19-22-31(43-5)32(24-29)44-39-33-11-7-8-23-37-33/h7-8,11,13-24H,6,9-10,12,25H2,1-5H3,(H,37,39). The lowest BCUT2D eigenvalue weighted by molar-refractivity contribution is 0.405.